The molecule has 8 heteroatoms. The molecule has 0 radical (unpaired) electrons. The van der Waals surface area contributed by atoms with E-state index in [-0.39, 0.29) is 11.9 Å². The van der Waals surface area contributed by atoms with Gasteiger partial charge in [-0.3, -0.25) is 9.69 Å². The molecule has 2 aromatic rings. The summed E-state index contributed by atoms with van der Waals surface area (Å²) < 4.78 is 15.0. The molecule has 0 amide bonds. The van der Waals surface area contributed by atoms with Crippen molar-refractivity contribution in [2.45, 2.75) is 26.4 Å². The zero-order valence-corrected chi connectivity index (χ0v) is 16.9. The van der Waals surface area contributed by atoms with Gasteiger partial charge >= 0.3 is 5.97 Å². The molecule has 2 heterocycles. The lowest BCUT2D eigenvalue weighted by atomic mass is 9.97. The van der Waals surface area contributed by atoms with Gasteiger partial charge in [-0.1, -0.05) is 12.1 Å². The molecule has 7 nitrogen and oxygen atoms in total. The number of carbonyl (C=O) groups is 1. The van der Waals surface area contributed by atoms with E-state index in [1.807, 2.05) is 47.5 Å². The van der Waals surface area contributed by atoms with Crippen LogP contribution in [-0.4, -0.2) is 52.0 Å². The number of hydrogen-bond donors (Lipinski definition) is 0. The minimum atomic E-state index is -0.0787. The number of ether oxygens (including phenoxy) is 2. The first-order valence-electron chi connectivity index (χ1n) is 9.21. The summed E-state index contributed by atoms with van der Waals surface area (Å²) in [5.74, 6) is 1.47. The van der Waals surface area contributed by atoms with Gasteiger partial charge in [-0.15, -0.1) is 0 Å². The standard InChI is InChI=1S/C19H26N4O3S/c1-4-26-18(24)14-9-11-22(12-10-14)13-23-19(27)21(2)17(20-23)15-7-5-6-8-16(15)25-3/h5-8,14H,4,9-13H2,1-3H3. The highest BCUT2D eigenvalue weighted by Gasteiger charge is 2.26. The number of esters is 1. The van der Waals surface area contributed by atoms with Gasteiger partial charge in [0.2, 0.25) is 0 Å². The Bertz CT molecular complexity index is 853. The summed E-state index contributed by atoms with van der Waals surface area (Å²) in [7, 11) is 3.57. The molecule has 3 rings (SSSR count). The average molecular weight is 391 g/mol. The maximum Gasteiger partial charge on any atom is 0.309 e. The van der Waals surface area contributed by atoms with E-state index in [9.17, 15) is 4.79 Å². The van der Waals surface area contributed by atoms with Crippen molar-refractivity contribution in [3.05, 3.63) is 29.0 Å². The molecule has 0 unspecified atom stereocenters. The summed E-state index contributed by atoms with van der Waals surface area (Å²) in [6.45, 7) is 4.54. The smallest absolute Gasteiger partial charge is 0.309 e. The molecule has 1 aromatic heterocycles. The van der Waals surface area contributed by atoms with E-state index >= 15 is 0 Å². The molecular formula is C19H26N4O3S. The number of benzene rings is 1. The third-order valence-corrected chi connectivity index (χ3v) is 5.41. The van der Waals surface area contributed by atoms with Gasteiger partial charge < -0.3 is 14.0 Å². The van der Waals surface area contributed by atoms with Crippen LogP contribution in [0, 0.1) is 10.7 Å². The van der Waals surface area contributed by atoms with Crippen LogP contribution in [0.5, 0.6) is 5.75 Å². The van der Waals surface area contributed by atoms with E-state index in [0.29, 0.717) is 18.0 Å². The number of hydrogen-bond acceptors (Lipinski definition) is 6. The van der Waals surface area contributed by atoms with Crippen LogP contribution in [0.2, 0.25) is 0 Å². The third-order valence-electron chi connectivity index (χ3n) is 4.93. The average Bonchev–Trinajstić information content (AvgIpc) is 2.97. The molecule has 1 fully saturated rings. The van der Waals surface area contributed by atoms with Crippen molar-refractivity contribution < 1.29 is 14.3 Å². The van der Waals surface area contributed by atoms with E-state index in [1.165, 1.54) is 0 Å². The second-order valence-electron chi connectivity index (χ2n) is 6.65. The first kappa shape index (κ1) is 19.6. The molecule has 0 spiro atoms. The monoisotopic (exact) mass is 390 g/mol. The van der Waals surface area contributed by atoms with Gasteiger partial charge in [0.1, 0.15) is 5.75 Å². The molecule has 146 valence electrons. The van der Waals surface area contributed by atoms with Crippen molar-refractivity contribution in [2.24, 2.45) is 13.0 Å². The number of piperidine rings is 1. The maximum absolute atomic E-state index is 11.9. The van der Waals surface area contributed by atoms with Crippen molar-refractivity contribution >= 4 is 18.2 Å². The Morgan fingerprint density at radius 1 is 1.30 bits per heavy atom. The molecule has 1 aromatic carbocycles. The molecule has 1 aliphatic rings. The van der Waals surface area contributed by atoms with Crippen LogP contribution in [0.3, 0.4) is 0 Å². The van der Waals surface area contributed by atoms with Crippen LogP contribution in [0.4, 0.5) is 0 Å². The number of methoxy groups -OCH3 is 1. The van der Waals surface area contributed by atoms with Gasteiger partial charge in [-0.25, -0.2) is 4.68 Å². The number of nitrogens with zero attached hydrogens (tertiary/aromatic N) is 4. The Hall–Kier alpha value is -2.19. The lowest BCUT2D eigenvalue weighted by Gasteiger charge is -2.30. The van der Waals surface area contributed by atoms with Crippen LogP contribution < -0.4 is 4.74 Å². The maximum atomic E-state index is 11.9. The lowest BCUT2D eigenvalue weighted by Crippen LogP contribution is -2.38. The first-order valence-corrected chi connectivity index (χ1v) is 9.62. The van der Waals surface area contributed by atoms with Gasteiger partial charge in [-0.2, -0.15) is 5.10 Å². The van der Waals surface area contributed by atoms with Crippen LogP contribution >= 0.6 is 12.2 Å². The predicted molar refractivity (Wildman–Crippen MR) is 105 cm³/mol. The van der Waals surface area contributed by atoms with Crippen LogP contribution in [-0.2, 0) is 23.2 Å². The normalized spacial score (nSPS) is 15.7. The van der Waals surface area contributed by atoms with Crippen molar-refractivity contribution in [3.8, 4) is 17.1 Å². The highest BCUT2D eigenvalue weighted by molar-refractivity contribution is 7.71. The highest BCUT2D eigenvalue weighted by Crippen LogP contribution is 2.28. The zero-order valence-electron chi connectivity index (χ0n) is 16.1. The Kier molecular flexibility index (Phi) is 6.28. The fraction of sp³-hybridized carbons (Fsp3) is 0.526. The van der Waals surface area contributed by atoms with E-state index < -0.39 is 0 Å². The molecule has 0 N–H and O–H groups in total. The molecule has 0 atom stereocenters. The molecular weight excluding hydrogens is 364 g/mol. The van der Waals surface area contributed by atoms with Crippen molar-refractivity contribution in [1.82, 2.24) is 19.2 Å². The Balaban J connectivity index is 1.72. The van der Waals surface area contributed by atoms with Crippen molar-refractivity contribution in [1.29, 1.82) is 0 Å². The number of carbonyl (C=O) groups excluding carboxylic acids is 1. The van der Waals surface area contributed by atoms with Crippen molar-refractivity contribution in [3.63, 3.8) is 0 Å². The Morgan fingerprint density at radius 2 is 2.00 bits per heavy atom. The number of aromatic nitrogens is 3. The van der Waals surface area contributed by atoms with E-state index in [2.05, 4.69) is 4.90 Å². The number of rotatable bonds is 6. The van der Waals surface area contributed by atoms with Gasteiger partial charge in [-0.05, 0) is 44.1 Å². The molecule has 0 bridgehead atoms. The van der Waals surface area contributed by atoms with Crippen LogP contribution in [0.1, 0.15) is 19.8 Å². The molecule has 0 saturated carbocycles. The first-order chi connectivity index (χ1) is 13.0. The van der Waals surface area contributed by atoms with Crippen molar-refractivity contribution in [2.75, 3.05) is 26.8 Å². The van der Waals surface area contributed by atoms with E-state index in [0.717, 1.165) is 43.1 Å². The van der Waals surface area contributed by atoms with Gasteiger partial charge in [0.05, 0.1) is 31.9 Å². The fourth-order valence-corrected chi connectivity index (χ4v) is 3.59. The summed E-state index contributed by atoms with van der Waals surface area (Å²) in [4.78, 5) is 14.2. The topological polar surface area (TPSA) is 61.5 Å². The quantitative estimate of drug-likeness (QED) is 0.558. The molecule has 0 aliphatic carbocycles. The Morgan fingerprint density at radius 3 is 2.67 bits per heavy atom. The second-order valence-corrected chi connectivity index (χ2v) is 7.02. The molecule has 27 heavy (non-hydrogen) atoms. The molecule has 1 saturated heterocycles. The lowest BCUT2D eigenvalue weighted by molar-refractivity contribution is -0.149. The minimum absolute atomic E-state index is 0.00189. The van der Waals surface area contributed by atoms with Gasteiger partial charge in [0.25, 0.3) is 0 Å². The summed E-state index contributed by atoms with van der Waals surface area (Å²) in [6, 6.07) is 7.78. The predicted octanol–water partition coefficient (Wildman–Crippen LogP) is 2.86. The Labute approximate surface area is 164 Å². The summed E-state index contributed by atoms with van der Waals surface area (Å²) in [6.07, 6.45) is 1.61. The zero-order chi connectivity index (χ0) is 19.4. The SMILES string of the molecule is CCOC(=O)C1CCN(Cn2nc(-c3ccccc3OC)n(C)c2=S)CC1. The van der Waals surface area contributed by atoms with Gasteiger partial charge in [0, 0.05) is 20.1 Å². The minimum Gasteiger partial charge on any atom is -0.496 e. The van der Waals surface area contributed by atoms with E-state index in [1.54, 1.807) is 7.11 Å². The summed E-state index contributed by atoms with van der Waals surface area (Å²) >= 11 is 5.58. The highest BCUT2D eigenvalue weighted by atomic mass is 32.1. The third kappa shape index (κ3) is 4.22. The fourth-order valence-electron chi connectivity index (χ4n) is 3.40. The summed E-state index contributed by atoms with van der Waals surface area (Å²) in [5.41, 5.74) is 0.911. The number of para-hydroxylation sites is 1. The van der Waals surface area contributed by atoms with Crippen LogP contribution in [0.25, 0.3) is 11.4 Å². The largest absolute Gasteiger partial charge is 0.496 e. The number of likely N-dealkylation sites (tertiary alicyclic amines) is 1. The molecule has 1 aliphatic heterocycles. The van der Waals surface area contributed by atoms with Gasteiger partial charge in [0.15, 0.2) is 10.6 Å². The summed E-state index contributed by atoms with van der Waals surface area (Å²) in [5, 5.41) is 4.73. The van der Waals surface area contributed by atoms with Crippen LogP contribution in [0.15, 0.2) is 24.3 Å². The van der Waals surface area contributed by atoms with E-state index in [4.69, 9.17) is 26.8 Å². The second kappa shape index (κ2) is 8.67.